The van der Waals surface area contributed by atoms with Crippen LogP contribution in [0.3, 0.4) is 0 Å². The molecule has 0 bridgehead atoms. The van der Waals surface area contributed by atoms with Crippen LogP contribution in [0, 0.1) is 11.3 Å². The highest BCUT2D eigenvalue weighted by atomic mass is 16.2. The monoisotopic (exact) mass is 226 g/mol. The molecule has 0 radical (unpaired) electrons. The summed E-state index contributed by atoms with van der Waals surface area (Å²) < 4.78 is 0. The Morgan fingerprint density at radius 1 is 1.44 bits per heavy atom. The van der Waals surface area contributed by atoms with Crippen molar-refractivity contribution in [2.24, 2.45) is 11.3 Å². The number of rotatable bonds is 3. The minimum atomic E-state index is 0.0934. The Kier molecular flexibility index (Phi) is 4.78. The predicted molar refractivity (Wildman–Crippen MR) is 67.3 cm³/mol. The van der Waals surface area contributed by atoms with Gasteiger partial charge in [0.1, 0.15) is 0 Å². The third-order valence-electron chi connectivity index (χ3n) is 3.04. The molecule has 16 heavy (non-hydrogen) atoms. The molecule has 1 rings (SSSR count). The molecule has 1 N–H and O–H groups in total. The van der Waals surface area contributed by atoms with E-state index in [1.165, 1.54) is 12.8 Å². The van der Waals surface area contributed by atoms with Crippen LogP contribution in [-0.2, 0) is 4.79 Å². The van der Waals surface area contributed by atoms with Crippen molar-refractivity contribution >= 4 is 5.91 Å². The van der Waals surface area contributed by atoms with Crippen molar-refractivity contribution in [3.8, 4) is 0 Å². The number of amides is 1. The van der Waals surface area contributed by atoms with E-state index >= 15 is 0 Å². The van der Waals surface area contributed by atoms with Gasteiger partial charge in [-0.25, -0.2) is 0 Å². The number of piperidine rings is 1. The Hall–Kier alpha value is -0.570. The second-order valence-corrected chi connectivity index (χ2v) is 6.22. The Balaban J connectivity index is 2.33. The van der Waals surface area contributed by atoms with E-state index in [0.29, 0.717) is 12.3 Å². The van der Waals surface area contributed by atoms with Crippen LogP contribution in [0.5, 0.6) is 0 Å². The molecule has 0 aliphatic carbocycles. The Bertz CT molecular complexity index is 227. The lowest BCUT2D eigenvalue weighted by Gasteiger charge is -2.29. The molecular weight excluding hydrogens is 200 g/mol. The second-order valence-electron chi connectivity index (χ2n) is 6.22. The van der Waals surface area contributed by atoms with E-state index in [-0.39, 0.29) is 11.3 Å². The standard InChI is InChI=1S/C13H26N2O/c1-13(2,3)8-12(16)15(4)10-11-6-5-7-14-9-11/h11,14H,5-10H2,1-4H3. The van der Waals surface area contributed by atoms with Gasteiger partial charge in [0, 0.05) is 20.0 Å². The molecule has 94 valence electrons. The van der Waals surface area contributed by atoms with Crippen molar-refractivity contribution in [3.05, 3.63) is 0 Å². The van der Waals surface area contributed by atoms with E-state index in [1.807, 2.05) is 11.9 Å². The van der Waals surface area contributed by atoms with Gasteiger partial charge in [0.15, 0.2) is 0 Å². The quantitative estimate of drug-likeness (QED) is 0.797. The number of hydrogen-bond acceptors (Lipinski definition) is 2. The highest BCUT2D eigenvalue weighted by molar-refractivity contribution is 5.76. The smallest absolute Gasteiger partial charge is 0.222 e. The van der Waals surface area contributed by atoms with Gasteiger partial charge in [-0.05, 0) is 37.3 Å². The first kappa shape index (κ1) is 13.5. The highest BCUT2D eigenvalue weighted by Gasteiger charge is 2.21. The van der Waals surface area contributed by atoms with Crippen LogP contribution in [0.1, 0.15) is 40.0 Å². The van der Waals surface area contributed by atoms with E-state index < -0.39 is 0 Å². The van der Waals surface area contributed by atoms with Crippen LogP contribution in [0.4, 0.5) is 0 Å². The van der Waals surface area contributed by atoms with Gasteiger partial charge < -0.3 is 10.2 Å². The normalized spacial score (nSPS) is 21.9. The van der Waals surface area contributed by atoms with Gasteiger partial charge in [-0.1, -0.05) is 20.8 Å². The fraction of sp³-hybridized carbons (Fsp3) is 0.923. The summed E-state index contributed by atoms with van der Waals surface area (Å²) in [7, 11) is 1.93. The van der Waals surface area contributed by atoms with Gasteiger partial charge in [0.05, 0.1) is 0 Å². The number of carbonyl (C=O) groups excluding carboxylic acids is 1. The van der Waals surface area contributed by atoms with Gasteiger partial charge in [0.2, 0.25) is 5.91 Å². The van der Waals surface area contributed by atoms with Crippen molar-refractivity contribution < 1.29 is 4.79 Å². The Morgan fingerprint density at radius 2 is 2.12 bits per heavy atom. The zero-order chi connectivity index (χ0) is 12.2. The third kappa shape index (κ3) is 4.97. The molecule has 1 aliphatic rings. The number of carbonyl (C=O) groups is 1. The van der Waals surface area contributed by atoms with E-state index in [1.54, 1.807) is 0 Å². The van der Waals surface area contributed by atoms with Crippen molar-refractivity contribution in [1.29, 1.82) is 0 Å². The Morgan fingerprint density at radius 3 is 2.62 bits per heavy atom. The number of nitrogens with one attached hydrogen (secondary N) is 1. The van der Waals surface area contributed by atoms with Crippen molar-refractivity contribution in [1.82, 2.24) is 10.2 Å². The predicted octanol–water partition coefficient (Wildman–Crippen LogP) is 1.88. The average molecular weight is 226 g/mol. The summed E-state index contributed by atoms with van der Waals surface area (Å²) in [6, 6.07) is 0. The van der Waals surface area contributed by atoms with Gasteiger partial charge >= 0.3 is 0 Å². The van der Waals surface area contributed by atoms with Crippen LogP contribution in [0.25, 0.3) is 0 Å². The lowest BCUT2D eigenvalue weighted by atomic mass is 9.91. The van der Waals surface area contributed by atoms with E-state index in [9.17, 15) is 4.79 Å². The van der Waals surface area contributed by atoms with Crippen LogP contribution in [0.2, 0.25) is 0 Å². The molecule has 0 aromatic heterocycles. The lowest BCUT2D eigenvalue weighted by Crippen LogP contribution is -2.40. The summed E-state index contributed by atoms with van der Waals surface area (Å²) in [6.45, 7) is 9.44. The van der Waals surface area contributed by atoms with E-state index in [4.69, 9.17) is 0 Å². The minimum Gasteiger partial charge on any atom is -0.345 e. The van der Waals surface area contributed by atoms with Crippen LogP contribution in [0.15, 0.2) is 0 Å². The summed E-state index contributed by atoms with van der Waals surface area (Å²) in [5.74, 6) is 0.917. The fourth-order valence-corrected chi connectivity index (χ4v) is 2.16. The molecule has 0 spiro atoms. The van der Waals surface area contributed by atoms with Gasteiger partial charge in [0.25, 0.3) is 0 Å². The summed E-state index contributed by atoms with van der Waals surface area (Å²) in [4.78, 5) is 13.8. The molecule has 1 aliphatic heterocycles. The average Bonchev–Trinajstić information content (AvgIpc) is 2.16. The molecule has 0 aromatic carbocycles. The van der Waals surface area contributed by atoms with Crippen LogP contribution >= 0.6 is 0 Å². The van der Waals surface area contributed by atoms with Crippen LogP contribution in [-0.4, -0.2) is 37.5 Å². The Labute approximate surface area is 99.6 Å². The SMILES string of the molecule is CN(CC1CCCNC1)C(=O)CC(C)(C)C. The molecular formula is C13H26N2O. The zero-order valence-corrected chi connectivity index (χ0v) is 11.2. The molecule has 1 fully saturated rings. The van der Waals surface area contributed by atoms with E-state index in [0.717, 1.165) is 19.6 Å². The molecule has 3 heteroatoms. The summed E-state index contributed by atoms with van der Waals surface area (Å²) in [5, 5.41) is 3.39. The minimum absolute atomic E-state index is 0.0934. The second kappa shape index (κ2) is 5.67. The molecule has 1 unspecified atom stereocenters. The number of nitrogens with zero attached hydrogens (tertiary/aromatic N) is 1. The zero-order valence-electron chi connectivity index (χ0n) is 11.2. The summed E-state index contributed by atoms with van der Waals surface area (Å²) >= 11 is 0. The van der Waals surface area contributed by atoms with Crippen molar-refractivity contribution in [2.45, 2.75) is 40.0 Å². The first-order chi connectivity index (χ1) is 7.38. The van der Waals surface area contributed by atoms with Gasteiger partial charge in [-0.15, -0.1) is 0 Å². The largest absolute Gasteiger partial charge is 0.345 e. The number of hydrogen-bond donors (Lipinski definition) is 1. The van der Waals surface area contributed by atoms with Crippen molar-refractivity contribution in [3.63, 3.8) is 0 Å². The maximum absolute atomic E-state index is 11.9. The molecule has 1 heterocycles. The first-order valence-corrected chi connectivity index (χ1v) is 6.33. The summed E-state index contributed by atoms with van der Waals surface area (Å²) in [5.41, 5.74) is 0.0934. The molecule has 1 saturated heterocycles. The van der Waals surface area contributed by atoms with Gasteiger partial charge in [-0.2, -0.15) is 0 Å². The molecule has 1 atom stereocenters. The topological polar surface area (TPSA) is 32.3 Å². The maximum atomic E-state index is 11.9. The lowest BCUT2D eigenvalue weighted by molar-refractivity contribution is -0.132. The first-order valence-electron chi connectivity index (χ1n) is 6.33. The third-order valence-corrected chi connectivity index (χ3v) is 3.04. The fourth-order valence-electron chi connectivity index (χ4n) is 2.16. The highest BCUT2D eigenvalue weighted by Crippen LogP contribution is 2.20. The van der Waals surface area contributed by atoms with Gasteiger partial charge in [-0.3, -0.25) is 4.79 Å². The van der Waals surface area contributed by atoms with Crippen LogP contribution < -0.4 is 5.32 Å². The summed E-state index contributed by atoms with van der Waals surface area (Å²) in [6.07, 6.45) is 3.13. The van der Waals surface area contributed by atoms with E-state index in [2.05, 4.69) is 26.1 Å². The molecule has 3 nitrogen and oxygen atoms in total. The molecule has 0 aromatic rings. The maximum Gasteiger partial charge on any atom is 0.222 e. The molecule has 1 amide bonds. The van der Waals surface area contributed by atoms with Crippen molar-refractivity contribution in [2.75, 3.05) is 26.7 Å². The molecule has 0 saturated carbocycles.